The lowest BCUT2D eigenvalue weighted by atomic mass is 10.5. The van der Waals surface area contributed by atoms with E-state index in [0.29, 0.717) is 5.03 Å². The third-order valence-electron chi connectivity index (χ3n) is 1.88. The zero-order valence-corrected chi connectivity index (χ0v) is 12.4. The molecule has 0 aromatic carbocycles. The predicted molar refractivity (Wildman–Crippen MR) is 71.9 cm³/mol. The van der Waals surface area contributed by atoms with Gasteiger partial charge in [0, 0.05) is 24.4 Å². The summed E-state index contributed by atoms with van der Waals surface area (Å²) in [5.74, 6) is 0. The summed E-state index contributed by atoms with van der Waals surface area (Å²) in [6.07, 6.45) is 1.40. The van der Waals surface area contributed by atoms with Gasteiger partial charge in [-0.25, -0.2) is 28.3 Å². The molecule has 0 saturated heterocycles. The van der Waals surface area contributed by atoms with Crippen LogP contribution in [0.2, 0.25) is 0 Å². The van der Waals surface area contributed by atoms with Crippen LogP contribution in [-0.2, 0) is 14.6 Å². The molecular formula is C10H13N3O5S2. The zero-order valence-electron chi connectivity index (χ0n) is 10.7. The highest BCUT2D eigenvalue weighted by Crippen LogP contribution is 2.14. The zero-order chi connectivity index (χ0) is 15.2. The number of carbonyl (C=O) groups is 2. The minimum atomic E-state index is -3.31. The van der Waals surface area contributed by atoms with Crippen molar-refractivity contribution in [2.24, 2.45) is 0 Å². The molecule has 1 aromatic rings. The van der Waals surface area contributed by atoms with E-state index in [1.807, 2.05) is 5.32 Å². The van der Waals surface area contributed by atoms with Crippen LogP contribution in [0.1, 0.15) is 6.92 Å². The summed E-state index contributed by atoms with van der Waals surface area (Å²) in [6.45, 7) is 1.76. The largest absolute Gasteiger partial charge is 0.450 e. The Hall–Kier alpha value is -1.81. The first kappa shape index (κ1) is 16.2. The Labute approximate surface area is 120 Å². The van der Waals surface area contributed by atoms with Gasteiger partial charge in [0.2, 0.25) is 0 Å². The number of sulfone groups is 1. The number of alkyl carbamates (subject to hydrolysis) is 1. The summed E-state index contributed by atoms with van der Waals surface area (Å²) >= 11 is 0.832. The van der Waals surface area contributed by atoms with Crippen LogP contribution >= 0.6 is 11.9 Å². The highest BCUT2D eigenvalue weighted by Gasteiger charge is 2.10. The van der Waals surface area contributed by atoms with Crippen LogP contribution in [0.3, 0.4) is 0 Å². The molecular weight excluding hydrogens is 306 g/mol. The summed E-state index contributed by atoms with van der Waals surface area (Å²) in [7, 11) is -3.31. The number of pyridine rings is 1. The predicted octanol–water partition coefficient (Wildman–Crippen LogP) is 0.948. The maximum atomic E-state index is 11.3. The maximum absolute atomic E-state index is 11.3. The Balaban J connectivity index is 2.50. The molecule has 1 aromatic heterocycles. The van der Waals surface area contributed by atoms with Crippen LogP contribution in [0, 0.1) is 0 Å². The summed E-state index contributed by atoms with van der Waals surface area (Å²) in [5.41, 5.74) is 0. The lowest BCUT2D eigenvalue weighted by Gasteiger charge is -2.05. The second-order valence-electron chi connectivity index (χ2n) is 3.48. The van der Waals surface area contributed by atoms with Gasteiger partial charge in [0.05, 0.1) is 11.5 Å². The average Bonchev–Trinajstić information content (AvgIpc) is 2.36. The number of urea groups is 1. The first-order chi connectivity index (χ1) is 9.32. The number of hydrogen-bond donors (Lipinski definition) is 2. The number of rotatable bonds is 4. The van der Waals surface area contributed by atoms with Gasteiger partial charge in [-0.2, -0.15) is 0 Å². The standard InChI is InChI=1S/C10H13N3O5S2/c1-3-18-10(15)12-9(14)13-19-8-5-4-7(6-11-8)20(2,16)17/h4-6H,3H2,1-2H3,(H2,12,13,14,15). The third kappa shape index (κ3) is 5.45. The Bertz CT molecular complexity index is 585. The van der Waals surface area contributed by atoms with Crippen molar-refractivity contribution in [3.63, 3.8) is 0 Å². The molecule has 0 aliphatic rings. The highest BCUT2D eigenvalue weighted by molar-refractivity contribution is 7.97. The van der Waals surface area contributed by atoms with Crippen molar-refractivity contribution >= 4 is 33.9 Å². The van der Waals surface area contributed by atoms with Crippen LogP contribution in [0.25, 0.3) is 0 Å². The van der Waals surface area contributed by atoms with E-state index in [1.165, 1.54) is 18.3 Å². The third-order valence-corrected chi connectivity index (χ3v) is 3.71. The van der Waals surface area contributed by atoms with Gasteiger partial charge in [0.25, 0.3) is 0 Å². The highest BCUT2D eigenvalue weighted by atomic mass is 32.2. The van der Waals surface area contributed by atoms with Gasteiger partial charge in [0.1, 0.15) is 5.03 Å². The Morgan fingerprint density at radius 3 is 2.60 bits per heavy atom. The van der Waals surface area contributed by atoms with Gasteiger partial charge >= 0.3 is 12.1 Å². The molecule has 0 radical (unpaired) electrons. The van der Waals surface area contributed by atoms with E-state index >= 15 is 0 Å². The van der Waals surface area contributed by atoms with E-state index in [-0.39, 0.29) is 11.5 Å². The molecule has 2 N–H and O–H groups in total. The number of nitrogens with zero attached hydrogens (tertiary/aromatic N) is 1. The second-order valence-corrected chi connectivity index (χ2v) is 6.33. The number of hydrogen-bond acceptors (Lipinski definition) is 7. The van der Waals surface area contributed by atoms with Crippen molar-refractivity contribution in [2.75, 3.05) is 12.9 Å². The van der Waals surface area contributed by atoms with Gasteiger partial charge in [-0.3, -0.25) is 4.72 Å². The molecule has 1 heterocycles. The van der Waals surface area contributed by atoms with E-state index < -0.39 is 22.0 Å². The molecule has 0 spiro atoms. The number of ether oxygens (including phenoxy) is 1. The summed E-state index contributed by atoms with van der Waals surface area (Å²) in [6, 6.07) is 2.05. The molecule has 0 unspecified atom stereocenters. The number of aromatic nitrogens is 1. The van der Waals surface area contributed by atoms with Crippen molar-refractivity contribution in [1.29, 1.82) is 0 Å². The van der Waals surface area contributed by atoms with Crippen LogP contribution in [-0.4, -0.2) is 38.4 Å². The molecule has 3 amide bonds. The van der Waals surface area contributed by atoms with Crippen LogP contribution in [0.5, 0.6) is 0 Å². The van der Waals surface area contributed by atoms with E-state index in [4.69, 9.17) is 0 Å². The SMILES string of the molecule is CCOC(=O)NC(=O)NSc1ccc(S(C)(=O)=O)cn1. The van der Waals surface area contributed by atoms with Crippen LogP contribution in [0.4, 0.5) is 9.59 Å². The van der Waals surface area contributed by atoms with E-state index in [9.17, 15) is 18.0 Å². The fourth-order valence-electron chi connectivity index (χ4n) is 1.03. The lowest BCUT2D eigenvalue weighted by molar-refractivity contribution is 0.153. The first-order valence-electron chi connectivity index (χ1n) is 5.39. The molecule has 0 atom stereocenters. The quantitative estimate of drug-likeness (QED) is 0.794. The number of nitrogens with one attached hydrogen (secondary N) is 2. The summed E-state index contributed by atoms with van der Waals surface area (Å²) < 4.78 is 29.2. The minimum absolute atomic E-state index is 0.0813. The van der Waals surface area contributed by atoms with E-state index in [0.717, 1.165) is 18.2 Å². The number of carbonyl (C=O) groups excluding carboxylic acids is 2. The van der Waals surface area contributed by atoms with Gasteiger partial charge in [-0.1, -0.05) is 0 Å². The first-order valence-corrected chi connectivity index (χ1v) is 8.10. The van der Waals surface area contributed by atoms with Gasteiger partial charge in [-0.15, -0.1) is 0 Å². The average molecular weight is 319 g/mol. The second kappa shape index (κ2) is 7.10. The molecule has 10 heteroatoms. The molecule has 8 nitrogen and oxygen atoms in total. The molecule has 0 fully saturated rings. The van der Waals surface area contributed by atoms with E-state index in [2.05, 4.69) is 14.4 Å². The summed E-state index contributed by atoms with van der Waals surface area (Å²) in [5, 5.41) is 2.30. The topological polar surface area (TPSA) is 114 Å². The van der Waals surface area contributed by atoms with Crippen LogP contribution < -0.4 is 10.0 Å². The Morgan fingerprint density at radius 2 is 2.10 bits per heavy atom. The molecule has 0 aliphatic carbocycles. The van der Waals surface area contributed by atoms with Crippen molar-refractivity contribution in [2.45, 2.75) is 16.8 Å². The summed E-state index contributed by atoms with van der Waals surface area (Å²) in [4.78, 5) is 26.1. The molecule has 0 saturated carbocycles. The normalized spacial score (nSPS) is 10.7. The molecule has 1 rings (SSSR count). The fraction of sp³-hybridized carbons (Fsp3) is 0.300. The smallest absolute Gasteiger partial charge is 0.415 e. The van der Waals surface area contributed by atoms with Crippen molar-refractivity contribution in [1.82, 2.24) is 15.0 Å². The molecule has 110 valence electrons. The minimum Gasteiger partial charge on any atom is -0.450 e. The van der Waals surface area contributed by atoms with Crippen LogP contribution in [0.15, 0.2) is 28.3 Å². The number of amides is 3. The van der Waals surface area contributed by atoms with Gasteiger partial charge in [-0.05, 0) is 19.1 Å². The molecule has 0 bridgehead atoms. The maximum Gasteiger partial charge on any atom is 0.415 e. The van der Waals surface area contributed by atoms with Crippen molar-refractivity contribution in [3.8, 4) is 0 Å². The fourth-order valence-corrected chi connectivity index (χ4v) is 2.08. The Morgan fingerprint density at radius 1 is 1.40 bits per heavy atom. The Kier molecular flexibility index (Phi) is 5.77. The number of imide groups is 1. The van der Waals surface area contributed by atoms with Gasteiger partial charge < -0.3 is 4.74 Å². The monoisotopic (exact) mass is 319 g/mol. The van der Waals surface area contributed by atoms with Crippen molar-refractivity contribution < 1.29 is 22.7 Å². The lowest BCUT2D eigenvalue weighted by Crippen LogP contribution is -2.36. The van der Waals surface area contributed by atoms with E-state index in [1.54, 1.807) is 6.92 Å². The molecule has 20 heavy (non-hydrogen) atoms. The van der Waals surface area contributed by atoms with Crippen molar-refractivity contribution in [3.05, 3.63) is 18.3 Å². The molecule has 0 aliphatic heterocycles. The van der Waals surface area contributed by atoms with Gasteiger partial charge in [0.15, 0.2) is 9.84 Å².